The number of hydrogen-bond acceptors (Lipinski definition) is 1. The van der Waals surface area contributed by atoms with Crippen molar-refractivity contribution in [3.8, 4) is 10.4 Å². The first-order valence-electron chi connectivity index (χ1n) is 8.78. The Labute approximate surface area is 150 Å². The third-order valence-corrected chi connectivity index (χ3v) is 6.86. The third kappa shape index (κ3) is 1.76. The van der Waals surface area contributed by atoms with Crippen LogP contribution in [0.15, 0.2) is 72.8 Å². The Morgan fingerprint density at radius 2 is 1.32 bits per heavy atom. The van der Waals surface area contributed by atoms with E-state index in [1.54, 1.807) is 0 Å². The highest BCUT2D eigenvalue weighted by atomic mass is 32.1. The van der Waals surface area contributed by atoms with Crippen molar-refractivity contribution in [2.45, 2.75) is 12.8 Å². The van der Waals surface area contributed by atoms with Crippen molar-refractivity contribution < 1.29 is 0 Å². The summed E-state index contributed by atoms with van der Waals surface area (Å²) >= 11 is 1.96. The molecule has 0 N–H and O–H groups in total. The average Bonchev–Trinajstić information content (AvgIpc) is 3.14. The summed E-state index contributed by atoms with van der Waals surface area (Å²) in [6, 6.07) is 26.9. The lowest BCUT2D eigenvalue weighted by Crippen LogP contribution is -1.90. The summed E-state index contributed by atoms with van der Waals surface area (Å²) in [6.07, 6.45) is 0. The maximum absolute atomic E-state index is 2.40. The number of rotatable bonds is 0. The van der Waals surface area contributed by atoms with Crippen LogP contribution >= 0.6 is 11.3 Å². The van der Waals surface area contributed by atoms with Crippen LogP contribution in [-0.2, 0) is 0 Å². The largest absolute Gasteiger partial charge is 0.135 e. The molecular weight excluding hydrogens is 320 g/mol. The molecule has 0 amide bonds. The molecule has 1 atom stereocenters. The van der Waals surface area contributed by atoms with Gasteiger partial charge in [-0.2, -0.15) is 0 Å². The molecule has 5 aromatic rings. The topological polar surface area (TPSA) is 0 Å². The van der Waals surface area contributed by atoms with Gasteiger partial charge >= 0.3 is 0 Å². The molecule has 6 rings (SSSR count). The van der Waals surface area contributed by atoms with Gasteiger partial charge < -0.3 is 0 Å². The highest BCUT2D eigenvalue weighted by Gasteiger charge is 2.30. The quantitative estimate of drug-likeness (QED) is 0.277. The Bertz CT molecular complexity index is 1310. The van der Waals surface area contributed by atoms with Crippen LogP contribution in [0, 0.1) is 0 Å². The maximum Gasteiger partial charge on any atom is 0.0396 e. The second-order valence-electron chi connectivity index (χ2n) is 7.05. The molecular formula is C24H16S. The van der Waals surface area contributed by atoms with Crippen molar-refractivity contribution in [2.75, 3.05) is 0 Å². The van der Waals surface area contributed by atoms with E-state index in [-0.39, 0.29) is 0 Å². The van der Waals surface area contributed by atoms with Gasteiger partial charge in [-0.3, -0.25) is 0 Å². The summed E-state index contributed by atoms with van der Waals surface area (Å²) in [5.74, 6) is 0.463. The summed E-state index contributed by atoms with van der Waals surface area (Å²) in [5, 5.41) is 6.79. The molecule has 1 aliphatic carbocycles. The SMILES string of the molecule is CC1c2cc3ccccc3cc2-c2sc3cc4ccccc4cc3c21. The van der Waals surface area contributed by atoms with E-state index in [0.717, 1.165) is 0 Å². The summed E-state index contributed by atoms with van der Waals surface area (Å²) in [6.45, 7) is 2.36. The number of thiophene rings is 1. The zero-order valence-electron chi connectivity index (χ0n) is 13.9. The lowest BCUT2D eigenvalue weighted by Gasteiger charge is -2.09. The molecule has 0 bridgehead atoms. The highest BCUT2D eigenvalue weighted by Crippen LogP contribution is 2.53. The third-order valence-electron chi connectivity index (χ3n) is 5.66. The first-order chi connectivity index (χ1) is 12.3. The van der Waals surface area contributed by atoms with E-state index in [4.69, 9.17) is 0 Å². The van der Waals surface area contributed by atoms with Crippen LogP contribution in [0.1, 0.15) is 24.0 Å². The molecule has 0 fully saturated rings. The fraction of sp³-hybridized carbons (Fsp3) is 0.0833. The van der Waals surface area contributed by atoms with Gasteiger partial charge in [0.2, 0.25) is 0 Å². The summed E-state index contributed by atoms with van der Waals surface area (Å²) < 4.78 is 1.41. The smallest absolute Gasteiger partial charge is 0.0396 e. The van der Waals surface area contributed by atoms with E-state index < -0.39 is 0 Å². The molecule has 1 aliphatic rings. The lowest BCUT2D eigenvalue weighted by molar-refractivity contribution is 0.971. The Morgan fingerprint density at radius 3 is 2.04 bits per heavy atom. The monoisotopic (exact) mass is 336 g/mol. The average molecular weight is 336 g/mol. The van der Waals surface area contributed by atoms with Crippen molar-refractivity contribution in [3.05, 3.63) is 83.9 Å². The number of hydrogen-bond donors (Lipinski definition) is 0. The van der Waals surface area contributed by atoms with E-state index in [9.17, 15) is 0 Å². The minimum absolute atomic E-state index is 0.463. The zero-order chi connectivity index (χ0) is 16.5. The molecule has 0 saturated carbocycles. The molecule has 0 radical (unpaired) electrons. The number of fused-ring (bicyclic) bond motifs is 7. The van der Waals surface area contributed by atoms with Gasteiger partial charge in [-0.25, -0.2) is 0 Å². The summed E-state index contributed by atoms with van der Waals surface area (Å²) in [4.78, 5) is 1.47. The Morgan fingerprint density at radius 1 is 0.720 bits per heavy atom. The number of benzene rings is 4. The predicted molar refractivity (Wildman–Crippen MR) is 110 cm³/mol. The van der Waals surface area contributed by atoms with Gasteiger partial charge in [-0.15, -0.1) is 11.3 Å². The summed E-state index contributed by atoms with van der Waals surface area (Å²) in [5.41, 5.74) is 4.44. The van der Waals surface area contributed by atoms with Crippen LogP contribution in [0.5, 0.6) is 0 Å². The minimum Gasteiger partial charge on any atom is -0.135 e. The summed E-state index contributed by atoms with van der Waals surface area (Å²) in [7, 11) is 0. The molecule has 1 heteroatoms. The fourth-order valence-corrected chi connectivity index (χ4v) is 5.77. The van der Waals surface area contributed by atoms with Crippen LogP contribution in [0.4, 0.5) is 0 Å². The van der Waals surface area contributed by atoms with Crippen LogP contribution < -0.4 is 0 Å². The zero-order valence-corrected chi connectivity index (χ0v) is 14.7. The standard InChI is InChI=1S/C24H16S/c1-14-19-10-15-6-2-3-7-16(15)11-20(19)24-23(14)21-12-17-8-4-5-9-18(17)13-22(21)25-24/h2-14H,1H3. The van der Waals surface area contributed by atoms with Gasteiger partial charge in [0, 0.05) is 15.5 Å². The fourth-order valence-electron chi connectivity index (χ4n) is 4.40. The van der Waals surface area contributed by atoms with E-state index >= 15 is 0 Å². The molecule has 1 unspecified atom stereocenters. The van der Waals surface area contributed by atoms with Crippen LogP contribution in [0.3, 0.4) is 0 Å². The molecule has 0 nitrogen and oxygen atoms in total. The molecule has 25 heavy (non-hydrogen) atoms. The van der Waals surface area contributed by atoms with E-state index in [2.05, 4.69) is 79.7 Å². The molecule has 118 valence electrons. The van der Waals surface area contributed by atoms with Crippen molar-refractivity contribution in [2.24, 2.45) is 0 Å². The van der Waals surface area contributed by atoms with E-state index in [1.165, 1.54) is 53.2 Å². The van der Waals surface area contributed by atoms with Crippen molar-refractivity contribution in [1.82, 2.24) is 0 Å². The molecule has 0 aliphatic heterocycles. The Balaban J connectivity index is 1.72. The second kappa shape index (κ2) is 4.71. The van der Waals surface area contributed by atoms with Gasteiger partial charge in [-0.1, -0.05) is 55.5 Å². The minimum atomic E-state index is 0.463. The van der Waals surface area contributed by atoms with Crippen LogP contribution in [0.25, 0.3) is 42.1 Å². The predicted octanol–water partition coefficient (Wildman–Crippen LogP) is 7.34. The molecule has 1 heterocycles. The lowest BCUT2D eigenvalue weighted by atomic mass is 9.95. The molecule has 0 saturated heterocycles. The van der Waals surface area contributed by atoms with Crippen molar-refractivity contribution >= 4 is 43.0 Å². The van der Waals surface area contributed by atoms with Gasteiger partial charge in [0.1, 0.15) is 0 Å². The van der Waals surface area contributed by atoms with Gasteiger partial charge in [0.25, 0.3) is 0 Å². The normalized spacial score (nSPS) is 15.8. The van der Waals surface area contributed by atoms with Gasteiger partial charge in [0.05, 0.1) is 0 Å². The van der Waals surface area contributed by atoms with Gasteiger partial charge in [-0.05, 0) is 67.9 Å². The molecule has 0 spiro atoms. The molecule has 1 aromatic heterocycles. The first-order valence-corrected chi connectivity index (χ1v) is 9.59. The van der Waals surface area contributed by atoms with Crippen LogP contribution in [-0.4, -0.2) is 0 Å². The van der Waals surface area contributed by atoms with Crippen LogP contribution in [0.2, 0.25) is 0 Å². The highest BCUT2D eigenvalue weighted by molar-refractivity contribution is 7.22. The van der Waals surface area contributed by atoms with Crippen molar-refractivity contribution in [3.63, 3.8) is 0 Å². The second-order valence-corrected chi connectivity index (χ2v) is 8.10. The van der Waals surface area contributed by atoms with E-state index in [0.29, 0.717) is 5.92 Å². The Kier molecular flexibility index (Phi) is 2.57. The first kappa shape index (κ1) is 13.6. The van der Waals surface area contributed by atoms with E-state index in [1.807, 2.05) is 11.3 Å². The maximum atomic E-state index is 2.40. The van der Waals surface area contributed by atoms with Gasteiger partial charge in [0.15, 0.2) is 0 Å². The van der Waals surface area contributed by atoms with Crippen molar-refractivity contribution in [1.29, 1.82) is 0 Å². The molecule has 4 aromatic carbocycles. The Hall–Kier alpha value is -2.64.